The molecule has 3 aromatic carbocycles. The molecule has 0 fully saturated rings. The van der Waals surface area contributed by atoms with Crippen molar-refractivity contribution in [2.45, 2.75) is 45.8 Å². The third-order valence-corrected chi connectivity index (χ3v) is 6.40. The van der Waals surface area contributed by atoms with E-state index in [-0.39, 0.29) is 11.9 Å². The van der Waals surface area contributed by atoms with Gasteiger partial charge in [-0.3, -0.25) is 9.59 Å². The summed E-state index contributed by atoms with van der Waals surface area (Å²) >= 11 is 12.3. The number of halogens is 2. The van der Waals surface area contributed by atoms with Gasteiger partial charge in [-0.25, -0.2) is 0 Å². The van der Waals surface area contributed by atoms with Crippen molar-refractivity contribution in [2.75, 3.05) is 4.90 Å². The number of benzene rings is 3. The summed E-state index contributed by atoms with van der Waals surface area (Å²) in [6.07, 6.45) is 0. The highest BCUT2D eigenvalue weighted by molar-refractivity contribution is 6.42. The largest absolute Gasteiger partial charge is 0.460 e. The molecule has 0 radical (unpaired) electrons. The van der Waals surface area contributed by atoms with Gasteiger partial charge in [-0.05, 0) is 80.3 Å². The Hall–Kier alpha value is -2.82. The van der Waals surface area contributed by atoms with Gasteiger partial charge in [0.05, 0.1) is 22.5 Å². The second-order valence-electron chi connectivity index (χ2n) is 9.20. The molecule has 1 aliphatic heterocycles. The molecule has 3 aromatic rings. The Bertz CT molecular complexity index is 1230. The molecule has 33 heavy (non-hydrogen) atoms. The van der Waals surface area contributed by atoms with E-state index in [9.17, 15) is 9.59 Å². The van der Waals surface area contributed by atoms with Crippen LogP contribution in [0.4, 0.5) is 5.69 Å². The van der Waals surface area contributed by atoms with Gasteiger partial charge < -0.3 is 9.64 Å². The van der Waals surface area contributed by atoms with Crippen LogP contribution < -0.4 is 4.90 Å². The van der Waals surface area contributed by atoms with Crippen LogP contribution in [0.1, 0.15) is 55.1 Å². The second-order valence-corrected chi connectivity index (χ2v) is 10.0. The van der Waals surface area contributed by atoms with Crippen molar-refractivity contribution in [1.82, 2.24) is 0 Å². The summed E-state index contributed by atoms with van der Waals surface area (Å²) in [7, 11) is 0. The van der Waals surface area contributed by atoms with Crippen LogP contribution in [0.25, 0.3) is 11.1 Å². The number of anilines is 1. The fraction of sp³-hybridized carbons (Fsp3) is 0.259. The van der Waals surface area contributed by atoms with E-state index in [2.05, 4.69) is 0 Å². The predicted molar refractivity (Wildman–Crippen MR) is 133 cm³/mol. The smallest absolute Gasteiger partial charge is 0.313 e. The molecule has 1 aliphatic rings. The van der Waals surface area contributed by atoms with Crippen molar-refractivity contribution in [3.8, 4) is 11.1 Å². The number of nitrogens with zero attached hydrogens (tertiary/aromatic N) is 1. The van der Waals surface area contributed by atoms with Crippen LogP contribution in [0.5, 0.6) is 0 Å². The first-order valence-electron chi connectivity index (χ1n) is 10.8. The first kappa shape index (κ1) is 23.3. The molecule has 1 unspecified atom stereocenters. The standard InChI is InChI=1S/C27H25Cl2NO3/c1-16(26(32)33-27(2,3)4)17-8-11-19(12-9-17)30-15-22-20(6-5-7-21(22)25(30)31)18-10-13-23(28)24(29)14-18/h5-14,16H,15H2,1-4H3. The quantitative estimate of drug-likeness (QED) is 0.368. The summed E-state index contributed by atoms with van der Waals surface area (Å²) in [6, 6.07) is 18.7. The van der Waals surface area contributed by atoms with E-state index in [4.69, 9.17) is 27.9 Å². The molecule has 170 valence electrons. The Morgan fingerprint density at radius 3 is 2.27 bits per heavy atom. The summed E-state index contributed by atoms with van der Waals surface area (Å²) in [5.74, 6) is -0.725. The van der Waals surface area contributed by atoms with Crippen LogP contribution in [0.3, 0.4) is 0 Å². The lowest BCUT2D eigenvalue weighted by Gasteiger charge is -2.23. The minimum Gasteiger partial charge on any atom is -0.460 e. The van der Waals surface area contributed by atoms with Gasteiger partial charge in [0.1, 0.15) is 5.60 Å². The Morgan fingerprint density at radius 1 is 0.970 bits per heavy atom. The van der Waals surface area contributed by atoms with Gasteiger partial charge in [0.25, 0.3) is 5.91 Å². The lowest BCUT2D eigenvalue weighted by Crippen LogP contribution is -2.27. The lowest BCUT2D eigenvalue weighted by molar-refractivity contribution is -0.156. The molecular weight excluding hydrogens is 457 g/mol. The van der Waals surface area contributed by atoms with Gasteiger partial charge in [0, 0.05) is 11.3 Å². The molecule has 6 heteroatoms. The van der Waals surface area contributed by atoms with E-state index in [0.29, 0.717) is 22.2 Å². The zero-order chi connectivity index (χ0) is 23.9. The van der Waals surface area contributed by atoms with Crippen LogP contribution in [0, 0.1) is 0 Å². The molecule has 0 saturated carbocycles. The molecule has 4 rings (SSSR count). The number of hydrogen-bond donors (Lipinski definition) is 0. The van der Waals surface area contributed by atoms with Crippen molar-refractivity contribution in [3.63, 3.8) is 0 Å². The highest BCUT2D eigenvalue weighted by atomic mass is 35.5. The number of esters is 1. The first-order chi connectivity index (χ1) is 15.5. The van der Waals surface area contributed by atoms with E-state index in [1.54, 1.807) is 11.0 Å². The van der Waals surface area contributed by atoms with Gasteiger partial charge >= 0.3 is 5.97 Å². The third kappa shape index (κ3) is 4.78. The fourth-order valence-electron chi connectivity index (χ4n) is 3.94. The predicted octanol–water partition coefficient (Wildman–Crippen LogP) is 7.27. The Morgan fingerprint density at radius 2 is 1.64 bits per heavy atom. The molecule has 0 aromatic heterocycles. The molecule has 0 N–H and O–H groups in total. The number of carbonyl (C=O) groups excluding carboxylic acids is 2. The molecule has 1 heterocycles. The average Bonchev–Trinajstić information content (AvgIpc) is 3.11. The minimum absolute atomic E-state index is 0.0557. The van der Waals surface area contributed by atoms with E-state index in [1.807, 2.05) is 82.3 Å². The molecule has 0 bridgehead atoms. The molecule has 1 atom stereocenters. The molecular formula is C27H25Cl2NO3. The monoisotopic (exact) mass is 481 g/mol. The highest BCUT2D eigenvalue weighted by Gasteiger charge is 2.31. The van der Waals surface area contributed by atoms with Crippen molar-refractivity contribution in [1.29, 1.82) is 0 Å². The molecule has 0 spiro atoms. The highest BCUT2D eigenvalue weighted by Crippen LogP contribution is 2.37. The number of ether oxygens (including phenoxy) is 1. The number of amides is 1. The van der Waals surface area contributed by atoms with Crippen LogP contribution in [0.2, 0.25) is 10.0 Å². The van der Waals surface area contributed by atoms with Gasteiger partial charge in [-0.1, -0.05) is 53.5 Å². The van der Waals surface area contributed by atoms with Crippen LogP contribution >= 0.6 is 23.2 Å². The maximum atomic E-state index is 13.2. The third-order valence-electron chi connectivity index (χ3n) is 5.66. The maximum Gasteiger partial charge on any atom is 0.313 e. The topological polar surface area (TPSA) is 46.6 Å². The van der Waals surface area contributed by atoms with E-state index in [0.717, 1.165) is 27.9 Å². The Balaban J connectivity index is 1.59. The SMILES string of the molecule is CC(C(=O)OC(C)(C)C)c1ccc(N2Cc3c(cccc3-c3ccc(Cl)c(Cl)c3)C2=O)cc1. The first-order valence-corrected chi connectivity index (χ1v) is 11.5. The van der Waals surface area contributed by atoms with Gasteiger partial charge in [0.15, 0.2) is 0 Å². The van der Waals surface area contributed by atoms with E-state index in [1.165, 1.54) is 0 Å². The molecule has 0 saturated heterocycles. The number of rotatable bonds is 4. The van der Waals surface area contributed by atoms with E-state index >= 15 is 0 Å². The zero-order valence-electron chi connectivity index (χ0n) is 19.0. The normalized spacial score (nSPS) is 14.2. The maximum absolute atomic E-state index is 13.2. The Kier molecular flexibility index (Phi) is 6.26. The van der Waals surface area contributed by atoms with Gasteiger partial charge in [0.2, 0.25) is 0 Å². The fourth-order valence-corrected chi connectivity index (χ4v) is 4.24. The van der Waals surface area contributed by atoms with Crippen LogP contribution in [0.15, 0.2) is 60.7 Å². The van der Waals surface area contributed by atoms with Gasteiger partial charge in [-0.15, -0.1) is 0 Å². The molecule has 0 aliphatic carbocycles. The van der Waals surface area contributed by atoms with Crippen molar-refractivity contribution in [3.05, 3.63) is 87.4 Å². The van der Waals surface area contributed by atoms with Gasteiger partial charge in [-0.2, -0.15) is 0 Å². The van der Waals surface area contributed by atoms with Crippen molar-refractivity contribution < 1.29 is 14.3 Å². The number of fused-ring (bicyclic) bond motifs is 1. The summed E-state index contributed by atoms with van der Waals surface area (Å²) in [4.78, 5) is 27.3. The van der Waals surface area contributed by atoms with Crippen molar-refractivity contribution >= 4 is 40.8 Å². The summed E-state index contributed by atoms with van der Waals surface area (Å²) in [5, 5.41) is 0.967. The summed E-state index contributed by atoms with van der Waals surface area (Å²) in [6.45, 7) is 7.83. The number of hydrogen-bond acceptors (Lipinski definition) is 3. The summed E-state index contributed by atoms with van der Waals surface area (Å²) < 4.78 is 5.49. The lowest BCUT2D eigenvalue weighted by atomic mass is 9.97. The Labute approximate surface area is 204 Å². The van der Waals surface area contributed by atoms with Crippen LogP contribution in [-0.4, -0.2) is 17.5 Å². The summed E-state index contributed by atoms with van der Waals surface area (Å²) in [5.41, 5.74) is 4.57. The molecule has 1 amide bonds. The number of carbonyl (C=O) groups is 2. The van der Waals surface area contributed by atoms with Crippen LogP contribution in [-0.2, 0) is 16.1 Å². The minimum atomic E-state index is -0.537. The van der Waals surface area contributed by atoms with E-state index < -0.39 is 11.5 Å². The second kappa shape index (κ2) is 8.85. The average molecular weight is 482 g/mol. The zero-order valence-corrected chi connectivity index (χ0v) is 20.5. The molecule has 4 nitrogen and oxygen atoms in total. The van der Waals surface area contributed by atoms with Crippen molar-refractivity contribution in [2.24, 2.45) is 0 Å².